The molecule has 3 aromatic rings. The standard InChI is InChI=1S/C30H31NO6/c1-4-18-35-21-26(19-30(32)33-2)24-12-16-28(17-13-24)36-20-23-10-14-27(15-11-23)37-22-29(31-34-3)25-8-6-5-7-9-25/h4-17,21H,1,18-20,22H2,2-3H3. The summed E-state index contributed by atoms with van der Waals surface area (Å²) in [5.41, 5.74) is 4.19. The Balaban J connectivity index is 1.55. The molecule has 0 radical (unpaired) electrons. The van der Waals surface area contributed by atoms with Gasteiger partial charge in [-0.3, -0.25) is 4.79 Å². The molecular formula is C30H31NO6. The molecule has 7 nitrogen and oxygen atoms in total. The zero-order valence-corrected chi connectivity index (χ0v) is 21.1. The first kappa shape index (κ1) is 27.1. The van der Waals surface area contributed by atoms with E-state index in [-0.39, 0.29) is 19.0 Å². The van der Waals surface area contributed by atoms with Gasteiger partial charge < -0.3 is 23.8 Å². The molecule has 0 aliphatic carbocycles. The van der Waals surface area contributed by atoms with Gasteiger partial charge in [0.25, 0.3) is 0 Å². The molecule has 0 aromatic heterocycles. The van der Waals surface area contributed by atoms with Crippen molar-refractivity contribution in [1.29, 1.82) is 0 Å². The summed E-state index contributed by atoms with van der Waals surface area (Å²) in [7, 11) is 2.87. The predicted molar refractivity (Wildman–Crippen MR) is 143 cm³/mol. The molecule has 192 valence electrons. The third kappa shape index (κ3) is 8.89. The highest BCUT2D eigenvalue weighted by atomic mass is 16.6. The van der Waals surface area contributed by atoms with Crippen molar-refractivity contribution in [3.63, 3.8) is 0 Å². The van der Waals surface area contributed by atoms with Crippen LogP contribution in [0.25, 0.3) is 5.57 Å². The van der Waals surface area contributed by atoms with E-state index >= 15 is 0 Å². The van der Waals surface area contributed by atoms with E-state index in [1.54, 1.807) is 12.3 Å². The van der Waals surface area contributed by atoms with Crippen molar-refractivity contribution in [2.75, 3.05) is 27.4 Å². The summed E-state index contributed by atoms with van der Waals surface area (Å²) in [4.78, 5) is 16.7. The number of carbonyl (C=O) groups is 1. The maximum atomic E-state index is 11.8. The third-order valence-corrected chi connectivity index (χ3v) is 5.24. The zero-order chi connectivity index (χ0) is 26.3. The van der Waals surface area contributed by atoms with Crippen LogP contribution in [0.2, 0.25) is 0 Å². The highest BCUT2D eigenvalue weighted by Gasteiger charge is 2.10. The third-order valence-electron chi connectivity index (χ3n) is 5.24. The van der Waals surface area contributed by atoms with Gasteiger partial charge in [-0.25, -0.2) is 0 Å². The Morgan fingerprint density at radius 3 is 2.19 bits per heavy atom. The van der Waals surface area contributed by atoms with Gasteiger partial charge in [-0.2, -0.15) is 0 Å². The molecule has 3 aromatic carbocycles. The summed E-state index contributed by atoms with van der Waals surface area (Å²) >= 11 is 0. The first-order valence-electron chi connectivity index (χ1n) is 11.7. The average molecular weight is 502 g/mol. The Kier molecular flexibility index (Phi) is 10.8. The van der Waals surface area contributed by atoms with Crippen LogP contribution in [-0.2, 0) is 25.7 Å². The summed E-state index contributed by atoms with van der Waals surface area (Å²) in [5.74, 6) is 1.08. The van der Waals surface area contributed by atoms with E-state index < -0.39 is 0 Å². The fourth-order valence-corrected chi connectivity index (χ4v) is 3.32. The van der Waals surface area contributed by atoms with Crippen molar-refractivity contribution in [1.82, 2.24) is 0 Å². The van der Waals surface area contributed by atoms with Gasteiger partial charge in [0.1, 0.15) is 44.1 Å². The second-order valence-electron chi connectivity index (χ2n) is 7.85. The van der Waals surface area contributed by atoms with Crippen molar-refractivity contribution in [3.8, 4) is 11.5 Å². The molecule has 0 bridgehead atoms. The van der Waals surface area contributed by atoms with Gasteiger partial charge in [0.2, 0.25) is 0 Å². The summed E-state index contributed by atoms with van der Waals surface area (Å²) in [5, 5.41) is 4.08. The highest BCUT2D eigenvalue weighted by Crippen LogP contribution is 2.23. The van der Waals surface area contributed by atoms with Crippen LogP contribution in [-0.4, -0.2) is 39.1 Å². The predicted octanol–water partition coefficient (Wildman–Crippen LogP) is 5.80. The average Bonchev–Trinajstić information content (AvgIpc) is 2.95. The Bertz CT molecular complexity index is 1190. The van der Waals surface area contributed by atoms with Gasteiger partial charge in [-0.1, -0.05) is 72.4 Å². The van der Waals surface area contributed by atoms with Crippen LogP contribution < -0.4 is 9.47 Å². The fourth-order valence-electron chi connectivity index (χ4n) is 3.32. The molecule has 0 atom stereocenters. The van der Waals surface area contributed by atoms with Crippen LogP contribution in [0.1, 0.15) is 23.1 Å². The number of ether oxygens (including phenoxy) is 4. The summed E-state index contributed by atoms with van der Waals surface area (Å²) in [6, 6.07) is 24.9. The van der Waals surface area contributed by atoms with Crippen molar-refractivity contribution < 1.29 is 28.6 Å². The van der Waals surface area contributed by atoms with Crippen LogP contribution in [0.15, 0.2) is 103 Å². The number of methoxy groups -OCH3 is 1. The molecule has 0 aliphatic heterocycles. The number of esters is 1. The van der Waals surface area contributed by atoms with Gasteiger partial charge in [-0.05, 0) is 35.4 Å². The molecule has 0 spiro atoms. The first-order chi connectivity index (χ1) is 18.1. The summed E-state index contributed by atoms with van der Waals surface area (Å²) in [6.45, 7) is 4.66. The maximum Gasteiger partial charge on any atom is 0.310 e. The molecule has 0 heterocycles. The van der Waals surface area contributed by atoms with Crippen molar-refractivity contribution in [2.45, 2.75) is 13.0 Å². The SMILES string of the molecule is C=CCOC=C(CC(=O)OC)c1ccc(OCc2ccc(OCC(=NOC)c3ccccc3)cc2)cc1. The quantitative estimate of drug-likeness (QED) is 0.0694. The summed E-state index contributed by atoms with van der Waals surface area (Å²) in [6.07, 6.45) is 3.30. The molecular weight excluding hydrogens is 470 g/mol. The number of hydrogen-bond acceptors (Lipinski definition) is 7. The van der Waals surface area contributed by atoms with E-state index in [4.69, 9.17) is 23.8 Å². The molecule has 0 aliphatic rings. The molecule has 7 heteroatoms. The maximum absolute atomic E-state index is 11.8. The van der Waals surface area contributed by atoms with Crippen molar-refractivity contribution in [2.24, 2.45) is 5.16 Å². The van der Waals surface area contributed by atoms with E-state index in [1.807, 2.05) is 78.9 Å². The summed E-state index contributed by atoms with van der Waals surface area (Å²) < 4.78 is 22.0. The lowest BCUT2D eigenvalue weighted by Crippen LogP contribution is -2.13. The second kappa shape index (κ2) is 14.8. The van der Waals surface area contributed by atoms with Gasteiger partial charge in [0.15, 0.2) is 0 Å². The monoisotopic (exact) mass is 501 g/mol. The lowest BCUT2D eigenvalue weighted by Gasteiger charge is -2.11. The van der Waals surface area contributed by atoms with E-state index in [2.05, 4.69) is 11.7 Å². The van der Waals surface area contributed by atoms with Gasteiger partial charge in [-0.15, -0.1) is 0 Å². The lowest BCUT2D eigenvalue weighted by atomic mass is 10.0. The van der Waals surface area contributed by atoms with E-state index in [0.717, 1.165) is 22.4 Å². The van der Waals surface area contributed by atoms with Crippen LogP contribution >= 0.6 is 0 Å². The van der Waals surface area contributed by atoms with Crippen molar-refractivity contribution in [3.05, 3.63) is 114 Å². The second-order valence-corrected chi connectivity index (χ2v) is 7.85. The largest absolute Gasteiger partial charge is 0.497 e. The Morgan fingerprint density at radius 1 is 0.865 bits per heavy atom. The molecule has 0 unspecified atom stereocenters. The minimum Gasteiger partial charge on any atom is -0.497 e. The molecule has 0 saturated heterocycles. The Labute approximate surface area is 217 Å². The lowest BCUT2D eigenvalue weighted by molar-refractivity contribution is -0.139. The number of oxime groups is 1. The van der Waals surface area contributed by atoms with Gasteiger partial charge >= 0.3 is 5.97 Å². The molecule has 0 N–H and O–H groups in total. The Hall–Kier alpha value is -4.52. The van der Waals surface area contributed by atoms with E-state index in [9.17, 15) is 4.79 Å². The first-order valence-corrected chi connectivity index (χ1v) is 11.7. The smallest absolute Gasteiger partial charge is 0.310 e. The molecule has 3 rings (SSSR count). The minimum absolute atomic E-state index is 0.104. The van der Waals surface area contributed by atoms with Gasteiger partial charge in [0, 0.05) is 11.1 Å². The highest BCUT2D eigenvalue weighted by molar-refractivity contribution is 6.01. The fraction of sp³-hybridized carbons (Fsp3) is 0.200. The number of benzene rings is 3. The molecule has 37 heavy (non-hydrogen) atoms. The number of carbonyl (C=O) groups excluding carboxylic acids is 1. The van der Waals surface area contributed by atoms with Crippen LogP contribution in [0.3, 0.4) is 0 Å². The van der Waals surface area contributed by atoms with Crippen LogP contribution in [0, 0.1) is 0 Å². The van der Waals surface area contributed by atoms with E-state index in [0.29, 0.717) is 30.2 Å². The van der Waals surface area contributed by atoms with E-state index in [1.165, 1.54) is 14.2 Å². The zero-order valence-electron chi connectivity index (χ0n) is 21.1. The molecule has 0 amide bonds. The molecule has 0 fully saturated rings. The normalized spacial score (nSPS) is 11.4. The van der Waals surface area contributed by atoms with Crippen LogP contribution in [0.5, 0.6) is 11.5 Å². The number of hydrogen-bond donors (Lipinski definition) is 0. The molecule has 0 saturated carbocycles. The number of rotatable bonds is 14. The Morgan fingerprint density at radius 2 is 1.54 bits per heavy atom. The van der Waals surface area contributed by atoms with Crippen LogP contribution in [0.4, 0.5) is 0 Å². The number of nitrogens with zero attached hydrogens (tertiary/aromatic N) is 1. The minimum atomic E-state index is -0.344. The van der Waals surface area contributed by atoms with Gasteiger partial charge in [0.05, 0.1) is 19.8 Å². The topological polar surface area (TPSA) is 75.6 Å². The van der Waals surface area contributed by atoms with Crippen molar-refractivity contribution >= 4 is 17.3 Å².